The number of nitrogens with zero attached hydrogens (tertiary/aromatic N) is 2. The highest BCUT2D eigenvalue weighted by molar-refractivity contribution is 9.10. The zero-order valence-electron chi connectivity index (χ0n) is 16.5. The minimum Gasteiger partial charge on any atom is -0.481 e. The number of rotatable bonds is 7. The van der Waals surface area contributed by atoms with Crippen molar-refractivity contribution < 1.29 is 4.74 Å². The molecule has 1 aromatic heterocycles. The summed E-state index contributed by atoms with van der Waals surface area (Å²) in [5.74, 6) is 0.983. The molecule has 1 atom stereocenters. The average molecular weight is 427 g/mol. The van der Waals surface area contributed by atoms with Gasteiger partial charge in [0.2, 0.25) is 5.88 Å². The number of aryl methyl sites for hydroxylation is 1. The third-order valence-corrected chi connectivity index (χ3v) is 5.41. The highest BCUT2D eigenvalue weighted by Crippen LogP contribution is 2.37. The molecule has 0 bridgehead atoms. The van der Waals surface area contributed by atoms with E-state index in [0.29, 0.717) is 0 Å². The second-order valence-electron chi connectivity index (χ2n) is 7.33. The first-order valence-corrected chi connectivity index (χ1v) is 10.1. The summed E-state index contributed by atoms with van der Waals surface area (Å²) in [6.07, 6.45) is 2.17. The Bertz CT molecular complexity index is 906. The van der Waals surface area contributed by atoms with Gasteiger partial charge in [0.05, 0.1) is 12.6 Å². The van der Waals surface area contributed by atoms with Crippen molar-refractivity contribution in [2.45, 2.75) is 25.7 Å². The maximum absolute atomic E-state index is 5.70. The molecule has 0 fully saturated rings. The lowest BCUT2D eigenvalue weighted by Gasteiger charge is -2.22. The second kappa shape index (κ2) is 8.85. The molecule has 1 heterocycles. The summed E-state index contributed by atoms with van der Waals surface area (Å²) in [6, 6.07) is 17.3. The van der Waals surface area contributed by atoms with E-state index in [9.17, 15) is 0 Å². The number of benzene rings is 2. The van der Waals surface area contributed by atoms with E-state index in [2.05, 4.69) is 78.2 Å². The van der Waals surface area contributed by atoms with Gasteiger partial charge in [0.25, 0.3) is 0 Å². The third kappa shape index (κ3) is 4.88. The molecular formula is C23H27BrN2O. The molecule has 0 N–H and O–H groups in total. The Morgan fingerprint density at radius 1 is 1.07 bits per heavy atom. The standard InChI is InChI=1S/C23H27BrN2O/c1-16-7-9-17(10-8-16)20(6-5-13-26(2)3)21-15-18-14-19(24)11-12-22(18)25-23(21)27-4/h7-12,14-15,20H,5-6,13H2,1-4H3. The Kier molecular flexibility index (Phi) is 6.51. The van der Waals surface area contributed by atoms with Crippen LogP contribution < -0.4 is 4.74 Å². The van der Waals surface area contributed by atoms with Crippen molar-refractivity contribution in [2.24, 2.45) is 0 Å². The molecule has 3 aromatic rings. The van der Waals surface area contributed by atoms with Crippen molar-refractivity contribution in [2.75, 3.05) is 27.7 Å². The number of halogens is 1. The third-order valence-electron chi connectivity index (χ3n) is 4.92. The molecule has 3 rings (SSSR count). The van der Waals surface area contributed by atoms with Crippen molar-refractivity contribution in [3.63, 3.8) is 0 Å². The van der Waals surface area contributed by atoms with Crippen LogP contribution in [0.1, 0.15) is 35.4 Å². The molecule has 0 aliphatic heterocycles. The molecule has 2 aromatic carbocycles. The summed E-state index contributed by atoms with van der Waals surface area (Å²) in [5.41, 5.74) is 4.70. The van der Waals surface area contributed by atoms with E-state index in [1.54, 1.807) is 7.11 Å². The van der Waals surface area contributed by atoms with Crippen LogP contribution in [0.15, 0.2) is 53.0 Å². The van der Waals surface area contributed by atoms with Crippen LogP contribution in [-0.2, 0) is 0 Å². The van der Waals surface area contributed by atoms with E-state index < -0.39 is 0 Å². The SMILES string of the molecule is COc1nc2ccc(Br)cc2cc1C(CCCN(C)C)c1ccc(C)cc1. The van der Waals surface area contributed by atoms with Gasteiger partial charge in [-0.15, -0.1) is 0 Å². The van der Waals surface area contributed by atoms with Gasteiger partial charge in [-0.25, -0.2) is 4.98 Å². The number of aromatic nitrogens is 1. The lowest BCUT2D eigenvalue weighted by molar-refractivity contribution is 0.378. The molecule has 27 heavy (non-hydrogen) atoms. The van der Waals surface area contributed by atoms with Crippen LogP contribution in [-0.4, -0.2) is 37.6 Å². The van der Waals surface area contributed by atoms with Crippen LogP contribution in [0.25, 0.3) is 10.9 Å². The van der Waals surface area contributed by atoms with Gasteiger partial charge in [0.15, 0.2) is 0 Å². The zero-order chi connectivity index (χ0) is 19.4. The molecule has 0 amide bonds. The number of fused-ring (bicyclic) bond motifs is 1. The van der Waals surface area contributed by atoms with Crippen molar-refractivity contribution in [3.8, 4) is 5.88 Å². The summed E-state index contributed by atoms with van der Waals surface area (Å²) in [7, 11) is 5.95. The predicted octanol–water partition coefficient (Wildman–Crippen LogP) is 5.79. The lowest BCUT2D eigenvalue weighted by atomic mass is 9.87. The van der Waals surface area contributed by atoms with Gasteiger partial charge in [0.1, 0.15) is 0 Å². The summed E-state index contributed by atoms with van der Waals surface area (Å²) >= 11 is 3.58. The van der Waals surface area contributed by atoms with Crippen molar-refractivity contribution in [1.29, 1.82) is 0 Å². The molecule has 0 aliphatic rings. The summed E-state index contributed by atoms with van der Waals surface area (Å²) in [6.45, 7) is 3.19. The van der Waals surface area contributed by atoms with Gasteiger partial charge in [-0.1, -0.05) is 45.8 Å². The van der Waals surface area contributed by atoms with Crippen LogP contribution in [0, 0.1) is 6.92 Å². The number of hydrogen-bond donors (Lipinski definition) is 0. The normalized spacial score (nSPS) is 12.5. The predicted molar refractivity (Wildman–Crippen MR) is 117 cm³/mol. The van der Waals surface area contributed by atoms with Gasteiger partial charge in [0, 0.05) is 21.3 Å². The fourth-order valence-corrected chi connectivity index (χ4v) is 3.85. The molecule has 3 nitrogen and oxygen atoms in total. The fourth-order valence-electron chi connectivity index (χ4n) is 3.47. The topological polar surface area (TPSA) is 25.4 Å². The highest BCUT2D eigenvalue weighted by atomic mass is 79.9. The van der Waals surface area contributed by atoms with Gasteiger partial charge >= 0.3 is 0 Å². The van der Waals surface area contributed by atoms with Crippen LogP contribution in [0.2, 0.25) is 0 Å². The Labute approximate surface area is 170 Å². The minimum atomic E-state index is 0.261. The molecular weight excluding hydrogens is 400 g/mol. The molecule has 0 aliphatic carbocycles. The lowest BCUT2D eigenvalue weighted by Crippen LogP contribution is -2.14. The van der Waals surface area contributed by atoms with Crippen LogP contribution in [0.5, 0.6) is 5.88 Å². The van der Waals surface area contributed by atoms with Crippen molar-refractivity contribution >= 4 is 26.8 Å². The second-order valence-corrected chi connectivity index (χ2v) is 8.25. The molecule has 0 radical (unpaired) electrons. The smallest absolute Gasteiger partial charge is 0.217 e. The molecule has 0 saturated carbocycles. The number of hydrogen-bond acceptors (Lipinski definition) is 3. The van der Waals surface area contributed by atoms with Gasteiger partial charge < -0.3 is 9.64 Å². The number of methoxy groups -OCH3 is 1. The first-order valence-electron chi connectivity index (χ1n) is 9.33. The van der Waals surface area contributed by atoms with E-state index in [4.69, 9.17) is 9.72 Å². The Morgan fingerprint density at radius 3 is 2.48 bits per heavy atom. The first kappa shape index (κ1) is 19.8. The monoisotopic (exact) mass is 426 g/mol. The Balaban J connectivity index is 2.07. The van der Waals surface area contributed by atoms with Crippen LogP contribution in [0.4, 0.5) is 0 Å². The average Bonchev–Trinajstić information content (AvgIpc) is 2.65. The van der Waals surface area contributed by atoms with Gasteiger partial charge in [-0.05, 0) is 70.2 Å². The summed E-state index contributed by atoms with van der Waals surface area (Å²) < 4.78 is 6.77. The van der Waals surface area contributed by atoms with Crippen molar-refractivity contribution in [1.82, 2.24) is 9.88 Å². The summed E-state index contributed by atoms with van der Waals surface area (Å²) in [4.78, 5) is 7.02. The van der Waals surface area contributed by atoms with E-state index in [1.807, 2.05) is 12.1 Å². The van der Waals surface area contributed by atoms with E-state index in [0.717, 1.165) is 46.2 Å². The first-order chi connectivity index (χ1) is 13.0. The highest BCUT2D eigenvalue weighted by Gasteiger charge is 2.20. The van der Waals surface area contributed by atoms with E-state index >= 15 is 0 Å². The fraction of sp³-hybridized carbons (Fsp3) is 0.348. The Hall–Kier alpha value is -1.91. The molecule has 0 spiro atoms. The summed E-state index contributed by atoms with van der Waals surface area (Å²) in [5, 5.41) is 1.13. The van der Waals surface area contributed by atoms with Gasteiger partial charge in [-0.3, -0.25) is 0 Å². The van der Waals surface area contributed by atoms with Crippen LogP contribution >= 0.6 is 15.9 Å². The maximum atomic E-state index is 5.70. The Morgan fingerprint density at radius 2 is 1.81 bits per heavy atom. The number of pyridine rings is 1. The van der Waals surface area contributed by atoms with E-state index in [1.165, 1.54) is 11.1 Å². The zero-order valence-corrected chi connectivity index (χ0v) is 18.1. The molecule has 0 saturated heterocycles. The largest absolute Gasteiger partial charge is 0.481 e. The minimum absolute atomic E-state index is 0.261. The van der Waals surface area contributed by atoms with Gasteiger partial charge in [-0.2, -0.15) is 0 Å². The number of ether oxygens (including phenoxy) is 1. The molecule has 1 unspecified atom stereocenters. The van der Waals surface area contributed by atoms with E-state index in [-0.39, 0.29) is 5.92 Å². The molecule has 142 valence electrons. The quantitative estimate of drug-likeness (QED) is 0.477. The molecule has 4 heteroatoms. The maximum Gasteiger partial charge on any atom is 0.217 e. The van der Waals surface area contributed by atoms with Crippen molar-refractivity contribution in [3.05, 3.63) is 69.7 Å². The van der Waals surface area contributed by atoms with Crippen LogP contribution in [0.3, 0.4) is 0 Å².